The average molecular weight is 1080 g/mol. The fourth-order valence-corrected chi connectivity index (χ4v) is 9.47. The van der Waals surface area contributed by atoms with E-state index in [-0.39, 0.29) is 0 Å². The van der Waals surface area contributed by atoms with Gasteiger partial charge in [-0.3, -0.25) is 0 Å². The zero-order valence-electron chi connectivity index (χ0n) is 39.5. The summed E-state index contributed by atoms with van der Waals surface area (Å²) in [5.41, 5.74) is 0. The van der Waals surface area contributed by atoms with Gasteiger partial charge in [0, 0.05) is 6.61 Å². The molecule has 0 unspecified atom stereocenters. The van der Waals surface area contributed by atoms with Gasteiger partial charge in [-0.25, -0.2) is 0 Å². The van der Waals surface area contributed by atoms with Crippen LogP contribution in [0.2, 0.25) is 0 Å². The average Bonchev–Trinajstić information content (AvgIpc) is 3.38. The highest BCUT2D eigenvalue weighted by Gasteiger charge is 2.58. The van der Waals surface area contributed by atoms with Gasteiger partial charge >= 0.3 is 0 Å². The van der Waals surface area contributed by atoms with Crippen molar-refractivity contribution in [1.82, 2.24) is 0 Å². The van der Waals surface area contributed by atoms with Crippen molar-refractivity contribution in [3.63, 3.8) is 0 Å². The number of rotatable bonds is 10. The number of hydrogen-bond acceptors (Lipinski definition) is 31. The second-order valence-electron chi connectivity index (χ2n) is 18.6. The molecular formula is C42H74O31. The Kier molecular flexibility index (Phi) is 23.0. The molecule has 22 rings (SSSR count). The molecule has 30 atom stereocenters. The van der Waals surface area contributed by atoms with Gasteiger partial charge in [0.2, 0.25) is 0 Å². The van der Waals surface area contributed by atoms with E-state index in [0.29, 0.717) is 6.61 Å². The predicted molar refractivity (Wildman–Crippen MR) is 227 cm³/mol. The van der Waals surface area contributed by atoms with Gasteiger partial charge in [-0.15, -0.1) is 0 Å². The summed E-state index contributed by atoms with van der Waals surface area (Å²) in [7, 11) is 0. The molecule has 0 aromatic carbocycles. The van der Waals surface area contributed by atoms with Crippen LogP contribution in [0.15, 0.2) is 0 Å². The predicted octanol–water partition coefficient (Wildman–Crippen LogP) is -11.5. The summed E-state index contributed by atoms with van der Waals surface area (Å²) in [5, 5.41) is 204. The molecule has 428 valence electrons. The lowest BCUT2D eigenvalue weighted by Gasteiger charge is -2.50. The molecule has 0 aliphatic carbocycles. The van der Waals surface area contributed by atoms with Crippen LogP contribution in [0.1, 0.15) is 32.6 Å². The van der Waals surface area contributed by atoms with E-state index in [1.54, 1.807) is 0 Å². The van der Waals surface area contributed by atoms with Crippen LogP contribution >= 0.6 is 0 Å². The van der Waals surface area contributed by atoms with Crippen LogP contribution in [0, 0.1) is 0 Å². The molecule has 22 saturated heterocycles. The molecule has 0 aromatic rings. The molecule has 0 amide bonds. The Bertz CT molecular complexity index is 1320. The molecule has 0 radical (unpaired) electrons. The van der Waals surface area contributed by atoms with Gasteiger partial charge in [0.05, 0.1) is 39.6 Å². The summed E-state index contributed by atoms with van der Waals surface area (Å²) in [4.78, 5) is 0. The normalized spacial score (nSPS) is 51.0. The van der Waals surface area contributed by atoms with Crippen molar-refractivity contribution in [3.8, 4) is 0 Å². The molecule has 31 heteroatoms. The lowest BCUT2D eigenvalue weighted by molar-refractivity contribution is -0.404. The Morgan fingerprint density at radius 1 is 0.233 bits per heavy atom. The first-order chi connectivity index (χ1) is 34.8. The largest absolute Gasteiger partial charge is 0.396 e. The third-order valence-electron chi connectivity index (χ3n) is 13.7. The van der Waals surface area contributed by atoms with E-state index < -0.39 is 224 Å². The molecule has 22 heterocycles. The maximum Gasteiger partial charge on any atom is 0.187 e. The van der Waals surface area contributed by atoms with Gasteiger partial charge in [0.25, 0.3) is 0 Å². The van der Waals surface area contributed by atoms with Crippen LogP contribution in [0.5, 0.6) is 0 Å². The quantitative estimate of drug-likeness (QED) is 0.0903. The first-order valence-electron chi connectivity index (χ1n) is 24.1. The number of hydrogen-bond donors (Lipinski definition) is 19. The topological polar surface area (TPSA) is 495 Å². The Morgan fingerprint density at radius 3 is 0.548 bits per heavy atom. The SMILES string of the molecule is CCCCCCO.OC[C@H]1O[C@@H]2O[C@H]3[C@H](O)[C@@H](O)[C@@H](O[C@H]4[C@H](O)[C@@H](O)[C@@H](O[C@H]5[C@H](O)[C@@H](O)[C@@H](O[C@H]6[C@H](O)[C@@H](O)[C@@H](O[C@H]7[C@H](O)[C@@H](O)[C@@H](O[C@H]1[C@H](O)[C@H]2O)O[C@@H]7CO)O[C@@H]6CO)O[C@@H]5CO)O[C@@H]4CO)O[C@@H]3CO. The highest BCUT2D eigenvalue weighted by Crippen LogP contribution is 2.38. The van der Waals surface area contributed by atoms with Gasteiger partial charge in [-0.05, 0) is 6.42 Å². The van der Waals surface area contributed by atoms with E-state index in [1.165, 1.54) is 19.3 Å². The molecule has 0 aromatic heterocycles. The maximum absolute atomic E-state index is 11.2. The van der Waals surface area contributed by atoms with Crippen molar-refractivity contribution < 1.29 is 154 Å². The molecule has 12 bridgehead atoms. The van der Waals surface area contributed by atoms with E-state index in [9.17, 15) is 91.9 Å². The van der Waals surface area contributed by atoms with E-state index >= 15 is 0 Å². The van der Waals surface area contributed by atoms with Gasteiger partial charge in [0.15, 0.2) is 37.7 Å². The minimum absolute atomic E-state index is 0.361. The van der Waals surface area contributed by atoms with E-state index in [2.05, 4.69) is 6.92 Å². The summed E-state index contributed by atoms with van der Waals surface area (Å²) in [5.74, 6) is 0. The van der Waals surface area contributed by atoms with Gasteiger partial charge in [-0.1, -0.05) is 26.2 Å². The zero-order chi connectivity index (χ0) is 53.6. The van der Waals surface area contributed by atoms with Crippen LogP contribution < -0.4 is 0 Å². The van der Waals surface area contributed by atoms with Crippen molar-refractivity contribution in [2.24, 2.45) is 0 Å². The zero-order valence-corrected chi connectivity index (χ0v) is 39.5. The smallest absolute Gasteiger partial charge is 0.187 e. The number of ether oxygens (including phenoxy) is 12. The molecule has 22 aliphatic heterocycles. The minimum atomic E-state index is -2.15. The van der Waals surface area contributed by atoms with Crippen molar-refractivity contribution in [2.45, 2.75) is 217 Å². The number of aliphatic hydroxyl groups is 19. The van der Waals surface area contributed by atoms with Crippen LogP contribution in [-0.2, 0) is 56.8 Å². The van der Waals surface area contributed by atoms with Crippen LogP contribution in [-0.4, -0.2) is 328 Å². The second-order valence-corrected chi connectivity index (χ2v) is 18.6. The van der Waals surface area contributed by atoms with Gasteiger partial charge in [-0.2, -0.15) is 0 Å². The first kappa shape index (κ1) is 61.0. The summed E-state index contributed by atoms with van der Waals surface area (Å²) in [6.07, 6.45) is -53.8. The molecule has 22 aliphatic rings. The van der Waals surface area contributed by atoms with E-state index in [0.717, 1.165) is 6.42 Å². The molecular weight excluding hydrogens is 1000 g/mol. The Morgan fingerprint density at radius 2 is 0.411 bits per heavy atom. The third-order valence-corrected chi connectivity index (χ3v) is 13.7. The van der Waals surface area contributed by atoms with Gasteiger partial charge in [0.1, 0.15) is 146 Å². The summed E-state index contributed by atoms with van der Waals surface area (Å²) < 4.78 is 67.9. The van der Waals surface area contributed by atoms with Crippen molar-refractivity contribution >= 4 is 0 Å². The monoisotopic (exact) mass is 1070 g/mol. The highest BCUT2D eigenvalue weighted by molar-refractivity contribution is 5.01. The van der Waals surface area contributed by atoms with E-state index in [1.807, 2.05) is 0 Å². The number of aliphatic hydroxyl groups excluding tert-OH is 19. The molecule has 0 spiro atoms. The summed E-state index contributed by atoms with van der Waals surface area (Å²) in [6, 6.07) is 0. The Balaban J connectivity index is 0.00000116. The first-order valence-corrected chi connectivity index (χ1v) is 24.1. The van der Waals surface area contributed by atoms with Crippen molar-refractivity contribution in [1.29, 1.82) is 0 Å². The summed E-state index contributed by atoms with van der Waals surface area (Å²) >= 11 is 0. The molecule has 0 saturated carbocycles. The Hall–Kier alpha value is -1.24. The number of unbranched alkanes of at least 4 members (excludes halogenated alkanes) is 3. The molecule has 19 N–H and O–H groups in total. The lowest BCUT2D eigenvalue weighted by Crippen LogP contribution is -2.69. The highest BCUT2D eigenvalue weighted by atomic mass is 16.8. The minimum Gasteiger partial charge on any atom is -0.396 e. The Labute approximate surface area is 416 Å². The second kappa shape index (κ2) is 27.6. The lowest BCUT2D eigenvalue weighted by atomic mass is 9.94. The van der Waals surface area contributed by atoms with Crippen molar-refractivity contribution in [2.75, 3.05) is 46.2 Å². The summed E-state index contributed by atoms with van der Waals surface area (Å²) in [6.45, 7) is -3.47. The van der Waals surface area contributed by atoms with Crippen LogP contribution in [0.3, 0.4) is 0 Å². The maximum atomic E-state index is 11.2. The van der Waals surface area contributed by atoms with Crippen LogP contribution in [0.25, 0.3) is 0 Å². The molecule has 73 heavy (non-hydrogen) atoms. The van der Waals surface area contributed by atoms with E-state index in [4.69, 9.17) is 61.9 Å². The van der Waals surface area contributed by atoms with Crippen molar-refractivity contribution in [3.05, 3.63) is 0 Å². The van der Waals surface area contributed by atoms with Gasteiger partial charge < -0.3 is 154 Å². The third kappa shape index (κ3) is 13.3. The fourth-order valence-electron chi connectivity index (χ4n) is 9.47. The standard InChI is InChI=1S/C36H60O30.C6H14O/c37-1-7-25-13(43)19(49)31(55-7)62-26-8(2-38)57-33(21(51)15(26)45)64-28-10(4-40)59-35(23(53)17(28)47)66-30-12(6-42)60-36(24(54)18(30)48)65-29-11(5-41)58-34(22(52)16(29)46)63-27-9(3-39)56-32(61-25)20(50)14(27)44;1-2-3-4-5-6-7/h7-54H,1-6H2;7H,2-6H2,1H3/t7-,8-,9-,10-,11-,12-,13-,14-,15-,16-,17-,18-,19-,20-,21-,22-,23-,24-,25-,26-,27-,28-,29-,30-,31-,32-,33-,34-,35-,36-;/m1./s1. The van der Waals surface area contributed by atoms with Crippen LogP contribution in [0.4, 0.5) is 0 Å². The fraction of sp³-hybridized carbons (Fsp3) is 1.00. The molecule has 31 nitrogen and oxygen atoms in total. The molecule has 22 fully saturated rings.